The third kappa shape index (κ3) is 4.48. The van der Waals surface area contributed by atoms with Gasteiger partial charge in [0.15, 0.2) is 0 Å². The van der Waals surface area contributed by atoms with Gasteiger partial charge in [-0.3, -0.25) is 14.5 Å². The number of rotatable bonds is 5. The summed E-state index contributed by atoms with van der Waals surface area (Å²) in [6.45, 7) is 0.848. The number of amides is 2. The van der Waals surface area contributed by atoms with E-state index in [4.69, 9.17) is 12.2 Å². The second kappa shape index (κ2) is 9.62. The molecule has 2 heterocycles. The minimum atomic E-state index is 0.0113. The van der Waals surface area contributed by atoms with Gasteiger partial charge in [-0.2, -0.15) is 0 Å². The lowest BCUT2D eigenvalue weighted by atomic mass is 9.98. The summed E-state index contributed by atoms with van der Waals surface area (Å²) in [5.74, 6) is 0.0319. The maximum Gasteiger partial charge on any atom is 0.266 e. The van der Waals surface area contributed by atoms with Crippen molar-refractivity contribution in [3.05, 3.63) is 40.3 Å². The average Bonchev–Trinajstić information content (AvgIpc) is 3.37. The molecule has 7 heteroatoms. The number of carbonyl (C=O) groups is 2. The van der Waals surface area contributed by atoms with Gasteiger partial charge in [0, 0.05) is 30.8 Å². The van der Waals surface area contributed by atoms with E-state index in [0.29, 0.717) is 21.2 Å². The first-order valence-electron chi connectivity index (χ1n) is 10.9. The molecule has 2 saturated heterocycles. The number of carbonyl (C=O) groups excluding carboxylic acids is 2. The molecule has 3 fully saturated rings. The summed E-state index contributed by atoms with van der Waals surface area (Å²) in [6.07, 6.45) is 9.95. The average molecular weight is 445 g/mol. The Balaban J connectivity index is 1.46. The Kier molecular flexibility index (Phi) is 6.91. The van der Waals surface area contributed by atoms with E-state index in [0.717, 1.165) is 57.1 Å². The molecule has 160 valence electrons. The van der Waals surface area contributed by atoms with Gasteiger partial charge in [-0.25, -0.2) is 0 Å². The molecule has 1 aromatic rings. The van der Waals surface area contributed by atoms with Crippen LogP contribution in [0.4, 0.5) is 0 Å². The Hall–Kier alpha value is -1.70. The van der Waals surface area contributed by atoms with Crippen LogP contribution in [0.2, 0.25) is 0 Å². The molecule has 2 amide bonds. The second-order valence-corrected chi connectivity index (χ2v) is 9.95. The largest absolute Gasteiger partial charge is 0.396 e. The van der Waals surface area contributed by atoms with Gasteiger partial charge in [0.1, 0.15) is 4.32 Å². The number of likely N-dealkylation sites (tertiary alicyclic amines) is 1. The number of benzene rings is 1. The Morgan fingerprint density at radius 3 is 2.53 bits per heavy atom. The van der Waals surface area contributed by atoms with Crippen LogP contribution in [0.15, 0.2) is 29.2 Å². The molecule has 1 atom stereocenters. The quantitative estimate of drug-likeness (QED) is 0.545. The van der Waals surface area contributed by atoms with Gasteiger partial charge in [0.25, 0.3) is 11.8 Å². The zero-order chi connectivity index (χ0) is 21.1. The van der Waals surface area contributed by atoms with Gasteiger partial charge in [0.05, 0.1) is 4.91 Å². The van der Waals surface area contributed by atoms with Crippen LogP contribution in [0, 0.1) is 0 Å². The molecule has 1 aliphatic carbocycles. The van der Waals surface area contributed by atoms with Crippen LogP contribution >= 0.6 is 24.0 Å². The molecule has 1 N–H and O–H groups in total. The molecule has 1 unspecified atom stereocenters. The van der Waals surface area contributed by atoms with Crippen molar-refractivity contribution >= 4 is 46.2 Å². The van der Waals surface area contributed by atoms with E-state index in [1.807, 2.05) is 35.2 Å². The summed E-state index contributed by atoms with van der Waals surface area (Å²) in [6, 6.07) is 7.81. The fourth-order valence-corrected chi connectivity index (χ4v) is 6.11. The third-order valence-corrected chi connectivity index (χ3v) is 7.65. The van der Waals surface area contributed by atoms with Gasteiger partial charge in [-0.15, -0.1) is 0 Å². The van der Waals surface area contributed by atoms with Gasteiger partial charge < -0.3 is 10.0 Å². The van der Waals surface area contributed by atoms with Crippen LogP contribution in [0.1, 0.15) is 67.3 Å². The Labute approximate surface area is 187 Å². The van der Waals surface area contributed by atoms with Crippen molar-refractivity contribution < 1.29 is 14.7 Å². The van der Waals surface area contributed by atoms with E-state index in [9.17, 15) is 14.7 Å². The Bertz CT molecular complexity index is 845. The minimum absolute atomic E-state index is 0.0113. The summed E-state index contributed by atoms with van der Waals surface area (Å²) in [5, 5.41) is 9.30. The van der Waals surface area contributed by atoms with Crippen LogP contribution < -0.4 is 0 Å². The van der Waals surface area contributed by atoms with E-state index in [1.165, 1.54) is 11.8 Å². The van der Waals surface area contributed by atoms with Crippen LogP contribution in [0.5, 0.6) is 0 Å². The van der Waals surface area contributed by atoms with Crippen LogP contribution in [-0.4, -0.2) is 56.3 Å². The molecule has 1 saturated carbocycles. The molecule has 0 bridgehead atoms. The summed E-state index contributed by atoms with van der Waals surface area (Å²) in [5.41, 5.74) is 1.54. The highest BCUT2D eigenvalue weighted by Gasteiger charge is 2.38. The van der Waals surface area contributed by atoms with Crippen molar-refractivity contribution in [1.82, 2.24) is 9.80 Å². The molecule has 3 aliphatic rings. The van der Waals surface area contributed by atoms with Crippen molar-refractivity contribution in [1.29, 1.82) is 0 Å². The smallest absolute Gasteiger partial charge is 0.266 e. The van der Waals surface area contributed by atoms with Crippen molar-refractivity contribution in [2.24, 2.45) is 0 Å². The van der Waals surface area contributed by atoms with Gasteiger partial charge in [-0.1, -0.05) is 49.0 Å². The molecule has 0 radical (unpaired) electrons. The second-order valence-electron chi connectivity index (χ2n) is 8.27. The highest BCUT2D eigenvalue weighted by atomic mass is 32.2. The molecule has 1 aromatic carbocycles. The third-order valence-electron chi connectivity index (χ3n) is 6.32. The topological polar surface area (TPSA) is 60.9 Å². The zero-order valence-corrected chi connectivity index (χ0v) is 18.7. The maximum atomic E-state index is 13.0. The van der Waals surface area contributed by atoms with Crippen LogP contribution in [0.3, 0.4) is 0 Å². The first-order chi connectivity index (χ1) is 14.6. The predicted octanol–water partition coefficient (Wildman–Crippen LogP) is 4.21. The highest BCUT2D eigenvalue weighted by Crippen LogP contribution is 2.37. The number of hydrogen-bond donors (Lipinski definition) is 1. The van der Waals surface area contributed by atoms with E-state index >= 15 is 0 Å². The fraction of sp³-hybridized carbons (Fsp3) is 0.522. The van der Waals surface area contributed by atoms with Gasteiger partial charge >= 0.3 is 0 Å². The highest BCUT2D eigenvalue weighted by molar-refractivity contribution is 8.26. The lowest BCUT2D eigenvalue weighted by Gasteiger charge is -2.35. The standard InChI is InChI=1S/C23H28N2O3S2/c26-14-12-18-5-3-4-13-24(18)21(27)17-10-8-16(9-11-17)15-20-22(28)25(23(29)30-20)19-6-1-2-7-19/h8-11,15,18-19,26H,1-7,12-14H2. The maximum absolute atomic E-state index is 13.0. The summed E-state index contributed by atoms with van der Waals surface area (Å²) >= 11 is 6.84. The van der Waals surface area contributed by atoms with Gasteiger partial charge in [0.2, 0.25) is 0 Å². The number of aliphatic hydroxyl groups is 1. The predicted molar refractivity (Wildman–Crippen MR) is 124 cm³/mol. The monoisotopic (exact) mass is 444 g/mol. The van der Waals surface area contributed by atoms with E-state index < -0.39 is 0 Å². The molecule has 0 aromatic heterocycles. The number of thiocarbonyl (C=S) groups is 1. The Morgan fingerprint density at radius 2 is 1.83 bits per heavy atom. The van der Waals surface area contributed by atoms with Crippen LogP contribution in [-0.2, 0) is 4.79 Å². The fourth-order valence-electron chi connectivity index (χ4n) is 4.71. The molecule has 5 nitrogen and oxygen atoms in total. The first-order valence-corrected chi connectivity index (χ1v) is 12.1. The van der Waals surface area contributed by atoms with E-state index in [1.54, 1.807) is 4.90 Å². The van der Waals surface area contributed by atoms with Crippen molar-refractivity contribution in [3.63, 3.8) is 0 Å². The molecular weight excluding hydrogens is 416 g/mol. The molecule has 0 spiro atoms. The number of aliphatic hydroxyl groups excluding tert-OH is 1. The normalized spacial score (nSPS) is 24.3. The summed E-state index contributed by atoms with van der Waals surface area (Å²) in [7, 11) is 0. The summed E-state index contributed by atoms with van der Waals surface area (Å²) < 4.78 is 0.657. The van der Waals surface area contributed by atoms with Crippen molar-refractivity contribution in [3.8, 4) is 0 Å². The molecular formula is C23H28N2O3S2. The Morgan fingerprint density at radius 1 is 1.13 bits per heavy atom. The number of piperidine rings is 1. The first kappa shape index (κ1) is 21.5. The minimum Gasteiger partial charge on any atom is -0.396 e. The lowest BCUT2D eigenvalue weighted by Crippen LogP contribution is -2.44. The zero-order valence-electron chi connectivity index (χ0n) is 17.1. The van der Waals surface area contributed by atoms with E-state index in [2.05, 4.69) is 0 Å². The van der Waals surface area contributed by atoms with Gasteiger partial charge in [-0.05, 0) is 62.3 Å². The SMILES string of the molecule is O=C(c1ccc(C=C2SC(=S)N(C3CCCC3)C2=O)cc1)N1CCCCC1CCO. The summed E-state index contributed by atoms with van der Waals surface area (Å²) in [4.78, 5) is 30.2. The van der Waals surface area contributed by atoms with Crippen molar-refractivity contribution in [2.75, 3.05) is 13.2 Å². The van der Waals surface area contributed by atoms with Crippen molar-refractivity contribution in [2.45, 2.75) is 63.5 Å². The number of hydrogen-bond acceptors (Lipinski definition) is 5. The van der Waals surface area contributed by atoms with Crippen LogP contribution in [0.25, 0.3) is 6.08 Å². The number of nitrogens with zero attached hydrogens (tertiary/aromatic N) is 2. The molecule has 4 rings (SSSR count). The molecule has 30 heavy (non-hydrogen) atoms. The number of thioether (sulfide) groups is 1. The lowest BCUT2D eigenvalue weighted by molar-refractivity contribution is -0.123. The molecule has 2 aliphatic heterocycles. The van der Waals surface area contributed by atoms with E-state index in [-0.39, 0.29) is 30.5 Å².